The van der Waals surface area contributed by atoms with Gasteiger partial charge in [0.2, 0.25) is 0 Å². The van der Waals surface area contributed by atoms with E-state index in [2.05, 4.69) is 197 Å². The molecule has 0 aliphatic heterocycles. The van der Waals surface area contributed by atoms with Crippen molar-refractivity contribution in [2.75, 3.05) is 4.90 Å². The van der Waals surface area contributed by atoms with E-state index in [1.807, 2.05) is 0 Å². The van der Waals surface area contributed by atoms with Gasteiger partial charge in [-0.3, -0.25) is 0 Å². The molecule has 54 heavy (non-hydrogen) atoms. The van der Waals surface area contributed by atoms with E-state index >= 15 is 0 Å². The van der Waals surface area contributed by atoms with Gasteiger partial charge in [0.15, 0.2) is 0 Å². The van der Waals surface area contributed by atoms with Gasteiger partial charge in [-0.1, -0.05) is 155 Å². The summed E-state index contributed by atoms with van der Waals surface area (Å²) in [5.74, 6) is 1.59. The van der Waals surface area contributed by atoms with E-state index in [0.717, 1.165) is 23.6 Å². The van der Waals surface area contributed by atoms with Gasteiger partial charge in [0.1, 0.15) is 5.82 Å². The second-order valence-corrected chi connectivity index (χ2v) is 16.9. The first-order valence-corrected chi connectivity index (χ1v) is 19.6. The van der Waals surface area contributed by atoms with Crippen molar-refractivity contribution in [3.63, 3.8) is 0 Å². The largest absolute Gasteiger partial charge is 0.319 e. The first-order valence-electron chi connectivity index (χ1n) is 19.6. The molecule has 4 aliphatic rings. The minimum atomic E-state index is 0.0395. The Balaban J connectivity index is 1.23. The zero-order valence-corrected chi connectivity index (χ0v) is 31.8. The number of pyridine rings is 1. The first kappa shape index (κ1) is 32.9. The lowest BCUT2D eigenvalue weighted by atomic mass is 9.72. The smallest absolute Gasteiger partial charge is 0.133 e. The maximum Gasteiger partial charge on any atom is 0.133 e. The van der Waals surface area contributed by atoms with E-state index < -0.39 is 0 Å². The minimum Gasteiger partial charge on any atom is -0.319 e. The van der Waals surface area contributed by atoms with Crippen LogP contribution in [-0.2, 0) is 5.41 Å². The summed E-state index contributed by atoms with van der Waals surface area (Å²) in [4.78, 5) is 7.65. The van der Waals surface area contributed by atoms with Gasteiger partial charge in [-0.2, -0.15) is 0 Å². The maximum atomic E-state index is 5.16. The number of allylic oxidation sites excluding steroid dienone is 8. The monoisotopic (exact) mass is 698 g/mol. The standard InChI is InChI=1S/C52H46N2/c1-33-13-12-19-47(53-33)54(40-25-22-38(23-26-40)51(3,4)5)46-29-28-44-48(34(46)2)50(43-27-24-39-16-10-11-30-52(39)32-45(43)52)42-18-9-8-17-41(42)49(44)37-21-20-35-14-6-7-15-36(35)31-37/h6-31,34,45-46H,32H2,1-5H3. The molecule has 1 aromatic heterocycles. The van der Waals surface area contributed by atoms with Crippen LogP contribution in [0.2, 0.25) is 0 Å². The van der Waals surface area contributed by atoms with Gasteiger partial charge in [0.05, 0.1) is 6.04 Å². The highest BCUT2D eigenvalue weighted by molar-refractivity contribution is 6.10. The molecule has 0 bridgehead atoms. The summed E-state index contributed by atoms with van der Waals surface area (Å²) in [6.45, 7) is 11.4. The number of hydrogen-bond donors (Lipinski definition) is 0. The molecule has 4 aliphatic carbocycles. The molecule has 4 unspecified atom stereocenters. The minimum absolute atomic E-state index is 0.0395. The van der Waals surface area contributed by atoms with Crippen molar-refractivity contribution in [3.8, 4) is 11.1 Å². The van der Waals surface area contributed by atoms with Crippen molar-refractivity contribution in [1.29, 1.82) is 0 Å². The molecule has 0 N–H and O–H groups in total. The number of aryl methyl sites for hydroxylation is 1. The van der Waals surface area contributed by atoms with Crippen LogP contribution in [0.25, 0.3) is 44.3 Å². The van der Waals surface area contributed by atoms with Gasteiger partial charge >= 0.3 is 0 Å². The van der Waals surface area contributed by atoms with Gasteiger partial charge < -0.3 is 4.90 Å². The Morgan fingerprint density at radius 1 is 0.741 bits per heavy atom. The fraction of sp³-hybridized carbons (Fsp3) is 0.212. The Hall–Kier alpha value is -5.73. The summed E-state index contributed by atoms with van der Waals surface area (Å²) in [6, 6.07) is 40.6. The number of nitrogens with zero attached hydrogens (tertiary/aromatic N) is 2. The Morgan fingerprint density at radius 3 is 2.28 bits per heavy atom. The number of rotatable bonds is 5. The van der Waals surface area contributed by atoms with Crippen molar-refractivity contribution in [3.05, 3.63) is 185 Å². The lowest BCUT2D eigenvalue weighted by Crippen LogP contribution is -2.37. The second kappa shape index (κ2) is 12.1. The lowest BCUT2D eigenvalue weighted by molar-refractivity contribution is 0.589. The summed E-state index contributed by atoms with van der Waals surface area (Å²) in [5, 5.41) is 5.19. The van der Waals surface area contributed by atoms with Crippen LogP contribution in [0.3, 0.4) is 0 Å². The molecule has 2 nitrogen and oxygen atoms in total. The van der Waals surface area contributed by atoms with Crippen LogP contribution in [0.4, 0.5) is 11.5 Å². The van der Waals surface area contributed by atoms with Gasteiger partial charge in [-0.15, -0.1) is 0 Å². The molecule has 1 saturated carbocycles. The van der Waals surface area contributed by atoms with Crippen LogP contribution < -0.4 is 4.90 Å². The van der Waals surface area contributed by atoms with Crippen molar-refractivity contribution in [2.45, 2.75) is 58.4 Å². The zero-order chi connectivity index (χ0) is 36.8. The normalized spacial score (nSPS) is 22.4. The number of fused-ring (bicyclic) bond motifs is 3. The molecule has 10 rings (SSSR count). The van der Waals surface area contributed by atoms with E-state index in [1.54, 1.807) is 0 Å². The van der Waals surface area contributed by atoms with E-state index in [4.69, 9.17) is 4.98 Å². The summed E-state index contributed by atoms with van der Waals surface area (Å²) in [5.41, 5.74) is 13.4. The molecule has 0 amide bonds. The molecule has 1 fully saturated rings. The number of anilines is 2. The number of hydrogen-bond acceptors (Lipinski definition) is 2. The predicted octanol–water partition coefficient (Wildman–Crippen LogP) is 13.5. The number of benzene rings is 5. The average Bonchev–Trinajstić information content (AvgIpc) is 3.92. The molecule has 6 aromatic rings. The molecule has 1 spiro atoms. The lowest BCUT2D eigenvalue weighted by Gasteiger charge is -2.40. The quantitative estimate of drug-likeness (QED) is 0.178. The van der Waals surface area contributed by atoms with Crippen LogP contribution in [0, 0.1) is 18.3 Å². The molecule has 264 valence electrons. The fourth-order valence-corrected chi connectivity index (χ4v) is 9.75. The molecular weight excluding hydrogens is 653 g/mol. The second-order valence-electron chi connectivity index (χ2n) is 16.9. The Kier molecular flexibility index (Phi) is 7.40. The van der Waals surface area contributed by atoms with Gasteiger partial charge in [-0.25, -0.2) is 4.98 Å². The van der Waals surface area contributed by atoms with E-state index in [-0.39, 0.29) is 22.8 Å². The van der Waals surface area contributed by atoms with Gasteiger partial charge in [-0.05, 0) is 121 Å². The molecule has 1 heterocycles. The molecule has 4 atom stereocenters. The van der Waals surface area contributed by atoms with Crippen LogP contribution >= 0.6 is 0 Å². The summed E-state index contributed by atoms with van der Waals surface area (Å²) >= 11 is 0. The Morgan fingerprint density at radius 2 is 1.50 bits per heavy atom. The van der Waals surface area contributed by atoms with Crippen LogP contribution in [0.5, 0.6) is 0 Å². The summed E-state index contributed by atoms with van der Waals surface area (Å²) < 4.78 is 0. The first-order chi connectivity index (χ1) is 26.2. The van der Waals surface area contributed by atoms with Crippen LogP contribution in [0.1, 0.15) is 68.0 Å². The topological polar surface area (TPSA) is 16.1 Å². The maximum absolute atomic E-state index is 5.16. The summed E-state index contributed by atoms with van der Waals surface area (Å²) in [7, 11) is 0. The number of aromatic nitrogens is 1. The third-order valence-corrected chi connectivity index (χ3v) is 12.6. The SMILES string of the molecule is Cc1cccc(N(c2ccc(C(C)(C)C)cc2)C2C=Cc3c(c(C4=CC=C5C=CC=CC56CC46)c4ccccc4c3-c3ccc4ccccc4c3)C2C)n1. The fourth-order valence-electron chi connectivity index (χ4n) is 9.75. The summed E-state index contributed by atoms with van der Waals surface area (Å²) in [6.07, 6.45) is 20.2. The zero-order valence-electron chi connectivity index (χ0n) is 31.8. The Bertz CT molecular complexity index is 2660. The molecule has 0 saturated heterocycles. The predicted molar refractivity (Wildman–Crippen MR) is 229 cm³/mol. The third-order valence-electron chi connectivity index (χ3n) is 12.6. The average molecular weight is 699 g/mol. The van der Waals surface area contributed by atoms with Gasteiger partial charge in [0.25, 0.3) is 0 Å². The van der Waals surface area contributed by atoms with E-state index in [1.165, 1.54) is 66.1 Å². The van der Waals surface area contributed by atoms with Crippen LogP contribution in [-0.4, -0.2) is 11.0 Å². The highest BCUT2D eigenvalue weighted by atomic mass is 15.2. The molecule has 2 heteroatoms. The van der Waals surface area contributed by atoms with Crippen molar-refractivity contribution in [2.24, 2.45) is 11.3 Å². The van der Waals surface area contributed by atoms with Crippen molar-refractivity contribution >= 4 is 44.7 Å². The van der Waals surface area contributed by atoms with Crippen molar-refractivity contribution < 1.29 is 0 Å². The highest BCUT2D eigenvalue weighted by Gasteiger charge is 2.58. The van der Waals surface area contributed by atoms with Crippen molar-refractivity contribution in [1.82, 2.24) is 4.98 Å². The molecule has 5 aromatic carbocycles. The van der Waals surface area contributed by atoms with E-state index in [0.29, 0.717) is 5.92 Å². The third kappa shape index (κ3) is 5.11. The Labute approximate surface area is 319 Å². The molecular formula is C52H46N2. The van der Waals surface area contributed by atoms with Gasteiger partial charge in [0, 0.05) is 22.7 Å². The van der Waals surface area contributed by atoms with Crippen LogP contribution in [0.15, 0.2) is 157 Å². The van der Waals surface area contributed by atoms with E-state index in [9.17, 15) is 0 Å². The highest BCUT2D eigenvalue weighted by Crippen LogP contribution is 2.68. The molecule has 0 radical (unpaired) electrons.